The minimum atomic E-state index is -0.222. The summed E-state index contributed by atoms with van der Waals surface area (Å²) >= 11 is 0. The summed E-state index contributed by atoms with van der Waals surface area (Å²) in [6.45, 7) is 3.86. The number of amides is 1. The second-order valence-corrected chi connectivity index (χ2v) is 4.15. The van der Waals surface area contributed by atoms with E-state index in [-0.39, 0.29) is 5.91 Å². The highest BCUT2D eigenvalue weighted by Gasteiger charge is 2.09. The van der Waals surface area contributed by atoms with Gasteiger partial charge in [-0.3, -0.25) is 9.59 Å². The zero-order chi connectivity index (χ0) is 15.7. The van der Waals surface area contributed by atoms with E-state index < -0.39 is 0 Å². The number of allylic oxidation sites excluding steroid dienone is 1. The Hall–Kier alpha value is -2.56. The van der Waals surface area contributed by atoms with Crippen LogP contribution in [-0.2, 0) is 16.0 Å². The van der Waals surface area contributed by atoms with Crippen LogP contribution in [0.3, 0.4) is 0 Å². The van der Waals surface area contributed by atoms with Gasteiger partial charge in [-0.05, 0) is 41.8 Å². The van der Waals surface area contributed by atoms with Gasteiger partial charge in [0.15, 0.2) is 11.5 Å². The van der Waals surface area contributed by atoms with Gasteiger partial charge in [-0.1, -0.05) is 12.7 Å². The Morgan fingerprint density at radius 2 is 1.95 bits per heavy atom. The molecule has 1 N–H and O–H groups in total. The number of aldehydes is 1. The van der Waals surface area contributed by atoms with Crippen molar-refractivity contribution in [1.82, 2.24) is 5.32 Å². The van der Waals surface area contributed by atoms with Crippen LogP contribution in [0.25, 0.3) is 6.08 Å². The zero-order valence-corrected chi connectivity index (χ0v) is 12.2. The van der Waals surface area contributed by atoms with E-state index in [1.807, 2.05) is 6.07 Å². The Balaban J connectivity index is 3.02. The lowest BCUT2D eigenvalue weighted by atomic mass is 10.0. The number of hydrogen-bond donors (Lipinski definition) is 1. The SMILES string of the molecule is C=CC(=O)NCCc1cc(OC)c(OC)cc1/C=C/C=O. The van der Waals surface area contributed by atoms with Gasteiger partial charge in [0.25, 0.3) is 0 Å². The largest absolute Gasteiger partial charge is 0.493 e. The van der Waals surface area contributed by atoms with Gasteiger partial charge in [0, 0.05) is 6.54 Å². The molecule has 0 spiro atoms. The molecule has 0 bridgehead atoms. The fraction of sp³-hybridized carbons (Fsp3) is 0.250. The topological polar surface area (TPSA) is 64.6 Å². The molecule has 5 heteroatoms. The molecule has 0 aromatic heterocycles. The van der Waals surface area contributed by atoms with E-state index in [0.717, 1.165) is 11.1 Å². The molecule has 0 aliphatic carbocycles. The number of carbonyl (C=O) groups is 2. The molecule has 1 aromatic carbocycles. The molecule has 0 fully saturated rings. The number of benzene rings is 1. The quantitative estimate of drug-likeness (QED) is 0.585. The third-order valence-corrected chi connectivity index (χ3v) is 2.88. The molecule has 112 valence electrons. The van der Waals surface area contributed by atoms with Crippen LogP contribution in [-0.4, -0.2) is 33.0 Å². The molecule has 1 rings (SSSR count). The molecule has 5 nitrogen and oxygen atoms in total. The summed E-state index contributed by atoms with van der Waals surface area (Å²) in [5.74, 6) is 0.966. The van der Waals surface area contributed by atoms with Crippen molar-refractivity contribution >= 4 is 18.3 Å². The van der Waals surface area contributed by atoms with E-state index in [0.29, 0.717) is 30.8 Å². The van der Waals surface area contributed by atoms with Gasteiger partial charge in [-0.15, -0.1) is 0 Å². The number of rotatable bonds is 8. The van der Waals surface area contributed by atoms with Gasteiger partial charge in [0.2, 0.25) is 5.91 Å². The zero-order valence-electron chi connectivity index (χ0n) is 12.2. The van der Waals surface area contributed by atoms with Crippen molar-refractivity contribution < 1.29 is 19.1 Å². The van der Waals surface area contributed by atoms with Gasteiger partial charge in [-0.2, -0.15) is 0 Å². The molecule has 0 aliphatic rings. The maximum Gasteiger partial charge on any atom is 0.243 e. The normalized spacial score (nSPS) is 10.2. The predicted molar refractivity (Wildman–Crippen MR) is 81.6 cm³/mol. The number of methoxy groups -OCH3 is 2. The van der Waals surface area contributed by atoms with E-state index >= 15 is 0 Å². The highest BCUT2D eigenvalue weighted by atomic mass is 16.5. The molecule has 1 aromatic rings. The summed E-state index contributed by atoms with van der Waals surface area (Å²) in [7, 11) is 3.11. The predicted octanol–water partition coefficient (Wildman–Crippen LogP) is 1.76. The lowest BCUT2D eigenvalue weighted by Gasteiger charge is -2.13. The molecule has 0 radical (unpaired) electrons. The first-order valence-corrected chi connectivity index (χ1v) is 6.43. The van der Waals surface area contributed by atoms with Gasteiger partial charge < -0.3 is 14.8 Å². The van der Waals surface area contributed by atoms with Crippen LogP contribution in [0.4, 0.5) is 0 Å². The maximum absolute atomic E-state index is 11.1. The van der Waals surface area contributed by atoms with Crippen molar-refractivity contribution in [3.8, 4) is 11.5 Å². The van der Waals surface area contributed by atoms with Crippen LogP contribution in [0.5, 0.6) is 11.5 Å². The van der Waals surface area contributed by atoms with E-state index in [1.54, 1.807) is 26.4 Å². The molecule has 0 saturated heterocycles. The van der Waals surface area contributed by atoms with Crippen LogP contribution < -0.4 is 14.8 Å². The summed E-state index contributed by atoms with van der Waals surface area (Å²) in [5, 5.41) is 2.71. The molecule has 0 atom stereocenters. The molecule has 0 aliphatic heterocycles. The lowest BCUT2D eigenvalue weighted by molar-refractivity contribution is -0.116. The second kappa shape index (κ2) is 8.58. The first kappa shape index (κ1) is 16.5. The summed E-state index contributed by atoms with van der Waals surface area (Å²) in [4.78, 5) is 21.6. The van der Waals surface area contributed by atoms with Crippen LogP contribution in [0.2, 0.25) is 0 Å². The van der Waals surface area contributed by atoms with Gasteiger partial charge in [-0.25, -0.2) is 0 Å². The number of nitrogens with one attached hydrogen (secondary N) is 1. The van der Waals surface area contributed by atoms with E-state index in [4.69, 9.17) is 9.47 Å². The Morgan fingerprint density at radius 3 is 2.52 bits per heavy atom. The fourth-order valence-corrected chi connectivity index (χ4v) is 1.84. The minimum absolute atomic E-state index is 0.222. The Bertz CT molecular complexity index is 549. The van der Waals surface area contributed by atoms with Crippen molar-refractivity contribution in [3.05, 3.63) is 42.0 Å². The number of carbonyl (C=O) groups excluding carboxylic acids is 2. The Morgan fingerprint density at radius 1 is 1.29 bits per heavy atom. The highest BCUT2D eigenvalue weighted by Crippen LogP contribution is 2.31. The summed E-state index contributed by atoms with van der Waals surface area (Å²) < 4.78 is 10.5. The molecule has 1 amide bonds. The Labute approximate surface area is 124 Å². The van der Waals surface area contributed by atoms with Crippen molar-refractivity contribution in [3.63, 3.8) is 0 Å². The third-order valence-electron chi connectivity index (χ3n) is 2.88. The standard InChI is InChI=1S/C16H19NO4/c1-4-16(19)17-8-7-13-11-15(21-3)14(20-2)10-12(13)6-5-9-18/h4-6,9-11H,1,7-8H2,2-3H3,(H,17,19)/b6-5+. The maximum atomic E-state index is 11.1. The molecular weight excluding hydrogens is 270 g/mol. The van der Waals surface area contributed by atoms with Crippen molar-refractivity contribution in [2.45, 2.75) is 6.42 Å². The lowest BCUT2D eigenvalue weighted by Crippen LogP contribution is -2.23. The first-order chi connectivity index (χ1) is 10.2. The Kier molecular flexibility index (Phi) is 6.74. The highest BCUT2D eigenvalue weighted by molar-refractivity contribution is 5.86. The van der Waals surface area contributed by atoms with Gasteiger partial charge >= 0.3 is 0 Å². The molecule has 0 unspecified atom stereocenters. The molecule has 21 heavy (non-hydrogen) atoms. The smallest absolute Gasteiger partial charge is 0.243 e. The third kappa shape index (κ3) is 4.80. The summed E-state index contributed by atoms with van der Waals surface area (Å²) in [5.41, 5.74) is 1.78. The average molecular weight is 289 g/mol. The van der Waals surface area contributed by atoms with Crippen LogP contribution in [0.15, 0.2) is 30.9 Å². The molecule has 0 saturated carbocycles. The second-order valence-electron chi connectivity index (χ2n) is 4.15. The number of hydrogen-bond acceptors (Lipinski definition) is 4. The van der Waals surface area contributed by atoms with Gasteiger partial charge in [0.1, 0.15) is 6.29 Å². The fourth-order valence-electron chi connectivity index (χ4n) is 1.84. The first-order valence-electron chi connectivity index (χ1n) is 6.43. The van der Waals surface area contributed by atoms with Crippen LogP contribution in [0.1, 0.15) is 11.1 Å². The monoisotopic (exact) mass is 289 g/mol. The summed E-state index contributed by atoms with van der Waals surface area (Å²) in [6.07, 6.45) is 5.63. The minimum Gasteiger partial charge on any atom is -0.493 e. The summed E-state index contributed by atoms with van der Waals surface area (Å²) in [6, 6.07) is 3.63. The van der Waals surface area contributed by atoms with Crippen molar-refractivity contribution in [2.75, 3.05) is 20.8 Å². The van der Waals surface area contributed by atoms with Crippen LogP contribution >= 0.6 is 0 Å². The molecular formula is C16H19NO4. The van der Waals surface area contributed by atoms with Crippen molar-refractivity contribution in [2.24, 2.45) is 0 Å². The average Bonchev–Trinajstić information content (AvgIpc) is 2.52. The van der Waals surface area contributed by atoms with E-state index in [2.05, 4.69) is 11.9 Å². The van der Waals surface area contributed by atoms with Crippen molar-refractivity contribution in [1.29, 1.82) is 0 Å². The van der Waals surface area contributed by atoms with E-state index in [1.165, 1.54) is 12.2 Å². The van der Waals surface area contributed by atoms with E-state index in [9.17, 15) is 9.59 Å². The van der Waals surface area contributed by atoms with Gasteiger partial charge in [0.05, 0.1) is 14.2 Å². The number of ether oxygens (including phenoxy) is 2. The van der Waals surface area contributed by atoms with Crippen LogP contribution in [0, 0.1) is 0 Å². The molecule has 0 heterocycles.